The first kappa shape index (κ1) is 30.0. The Labute approximate surface area is 253 Å². The topological polar surface area (TPSA) is 77.5 Å². The van der Waals surface area contributed by atoms with Gasteiger partial charge in [0.1, 0.15) is 0 Å². The zero-order valence-corrected chi connectivity index (χ0v) is 27.3. The number of hydrogen-bond acceptors (Lipinski definition) is 7. The van der Waals surface area contributed by atoms with Gasteiger partial charge in [-0.15, -0.1) is 0 Å². The van der Waals surface area contributed by atoms with Crippen molar-refractivity contribution in [1.82, 2.24) is 4.90 Å². The van der Waals surface area contributed by atoms with E-state index in [9.17, 15) is 9.90 Å². The standard InChI is InChI=1S/C35H57NO6/c1-21(37)40-30(32(4,5)38)25-10-8-23-26(41-25)18-24-22-9-11-27-31(2,3)28(42-29-19-36(7)16-17-39-29)12-13-35(27)20-34(22,35)15-14-33(23,24)6/h22-30,38H,8-20H2,1-7H3/t22?,23?,24?,25?,26?,27?,28-,29?,30-,33?,34?,35?/m0/s1. The molecule has 1 N–H and O–H groups in total. The summed E-state index contributed by atoms with van der Waals surface area (Å²) in [6, 6.07) is 0. The van der Waals surface area contributed by atoms with Crippen LogP contribution in [0.3, 0.4) is 0 Å². The van der Waals surface area contributed by atoms with Crippen LogP contribution in [0.4, 0.5) is 0 Å². The molecular weight excluding hydrogens is 530 g/mol. The molecule has 42 heavy (non-hydrogen) atoms. The van der Waals surface area contributed by atoms with Crippen LogP contribution in [0.5, 0.6) is 0 Å². The number of rotatable bonds is 5. The van der Waals surface area contributed by atoms with Crippen molar-refractivity contribution in [3.63, 3.8) is 0 Å². The first-order chi connectivity index (χ1) is 19.7. The monoisotopic (exact) mass is 587 g/mol. The zero-order valence-electron chi connectivity index (χ0n) is 27.3. The van der Waals surface area contributed by atoms with Crippen molar-refractivity contribution in [2.24, 2.45) is 45.3 Å². The van der Waals surface area contributed by atoms with Gasteiger partial charge in [-0.2, -0.15) is 0 Å². The van der Waals surface area contributed by atoms with Crippen molar-refractivity contribution < 1.29 is 28.8 Å². The third-order valence-corrected chi connectivity index (χ3v) is 14.4. The highest BCUT2D eigenvalue weighted by Gasteiger charge is 2.80. The lowest BCUT2D eigenvalue weighted by Crippen LogP contribution is -2.56. The molecule has 238 valence electrons. The van der Waals surface area contributed by atoms with Crippen molar-refractivity contribution >= 4 is 5.97 Å². The highest BCUT2D eigenvalue weighted by atomic mass is 16.7. The van der Waals surface area contributed by atoms with Crippen LogP contribution in [0, 0.1) is 45.3 Å². The second-order valence-electron chi connectivity index (χ2n) is 17.2. The van der Waals surface area contributed by atoms with E-state index in [-0.39, 0.29) is 36.0 Å². The van der Waals surface area contributed by atoms with Crippen molar-refractivity contribution in [3.8, 4) is 0 Å². The molecule has 7 fully saturated rings. The Morgan fingerprint density at radius 2 is 1.76 bits per heavy atom. The molecular formula is C35H57NO6. The van der Waals surface area contributed by atoms with Crippen LogP contribution < -0.4 is 0 Å². The molecule has 0 aromatic carbocycles. The van der Waals surface area contributed by atoms with E-state index < -0.39 is 11.7 Å². The van der Waals surface area contributed by atoms with Crippen molar-refractivity contribution in [2.75, 3.05) is 26.7 Å². The van der Waals surface area contributed by atoms with Gasteiger partial charge in [0, 0.05) is 20.0 Å². The van der Waals surface area contributed by atoms with E-state index >= 15 is 0 Å². The van der Waals surface area contributed by atoms with Crippen molar-refractivity contribution in [2.45, 2.75) is 142 Å². The minimum atomic E-state index is -1.13. The third-order valence-electron chi connectivity index (χ3n) is 14.4. The number of fused-ring (bicyclic) bond motifs is 4. The molecule has 0 amide bonds. The maximum absolute atomic E-state index is 11.9. The van der Waals surface area contributed by atoms with Gasteiger partial charge in [0.15, 0.2) is 12.4 Å². The molecule has 7 aliphatic rings. The number of hydrogen-bond donors (Lipinski definition) is 1. The van der Waals surface area contributed by atoms with Crippen LogP contribution >= 0.6 is 0 Å². The fraction of sp³-hybridized carbons (Fsp3) is 0.971. The summed E-state index contributed by atoms with van der Waals surface area (Å²) < 4.78 is 25.3. The quantitative estimate of drug-likeness (QED) is 0.422. The molecule has 2 spiro atoms. The van der Waals surface area contributed by atoms with Gasteiger partial charge >= 0.3 is 5.97 Å². The number of aliphatic hydroxyl groups is 1. The first-order valence-electron chi connectivity index (χ1n) is 17.2. The Hall–Kier alpha value is -0.730. The minimum absolute atomic E-state index is 0.0931. The molecule has 7 nitrogen and oxygen atoms in total. The number of nitrogens with zero attached hydrogens (tertiary/aromatic N) is 1. The third kappa shape index (κ3) is 4.33. The molecule has 2 saturated heterocycles. The van der Waals surface area contributed by atoms with Gasteiger partial charge < -0.3 is 24.1 Å². The summed E-state index contributed by atoms with van der Waals surface area (Å²) in [7, 11) is 2.17. The Morgan fingerprint density at radius 1 is 1.00 bits per heavy atom. The Balaban J connectivity index is 1.08. The fourth-order valence-corrected chi connectivity index (χ4v) is 12.6. The second-order valence-corrected chi connectivity index (χ2v) is 17.2. The van der Waals surface area contributed by atoms with E-state index in [1.54, 1.807) is 13.8 Å². The van der Waals surface area contributed by atoms with Crippen LogP contribution in [0.2, 0.25) is 0 Å². The SMILES string of the molecule is CC(=O)O[C@@H](C1CCC2C(CC3C4CCC5C(C)(C)[C@@H](OC6CN(C)CCO6)CCC56CC46CCC23C)O1)C(C)(C)O. The molecule has 5 saturated carbocycles. The summed E-state index contributed by atoms with van der Waals surface area (Å²) in [5.41, 5.74) is 0.354. The van der Waals surface area contributed by atoms with Gasteiger partial charge in [-0.25, -0.2) is 0 Å². The summed E-state index contributed by atoms with van der Waals surface area (Å²) >= 11 is 0. The summed E-state index contributed by atoms with van der Waals surface area (Å²) in [5.74, 6) is 2.45. The Kier molecular flexibility index (Phi) is 7.05. The number of morpholine rings is 1. The van der Waals surface area contributed by atoms with Gasteiger partial charge in [-0.05, 0) is 130 Å². The van der Waals surface area contributed by atoms with Crippen LogP contribution in [0.15, 0.2) is 0 Å². The van der Waals surface area contributed by atoms with E-state index in [0.29, 0.717) is 28.1 Å². The Morgan fingerprint density at radius 3 is 2.48 bits per heavy atom. The van der Waals surface area contributed by atoms with Gasteiger partial charge in [0.25, 0.3) is 0 Å². The van der Waals surface area contributed by atoms with Crippen molar-refractivity contribution in [3.05, 3.63) is 0 Å². The highest BCUT2D eigenvalue weighted by molar-refractivity contribution is 5.66. The largest absolute Gasteiger partial charge is 0.457 e. The van der Waals surface area contributed by atoms with Crippen LogP contribution in [0.25, 0.3) is 0 Å². The van der Waals surface area contributed by atoms with Gasteiger partial charge in [-0.1, -0.05) is 20.8 Å². The molecule has 7 heteroatoms. The average Bonchev–Trinajstić information content (AvgIpc) is 3.48. The predicted molar refractivity (Wildman–Crippen MR) is 160 cm³/mol. The van der Waals surface area contributed by atoms with Crippen LogP contribution in [0.1, 0.15) is 106 Å². The van der Waals surface area contributed by atoms with E-state index in [4.69, 9.17) is 18.9 Å². The van der Waals surface area contributed by atoms with Crippen molar-refractivity contribution in [1.29, 1.82) is 0 Å². The second kappa shape index (κ2) is 9.88. The van der Waals surface area contributed by atoms with E-state index in [2.05, 4.69) is 32.7 Å². The Bertz CT molecular complexity index is 1070. The van der Waals surface area contributed by atoms with E-state index in [1.807, 2.05) is 0 Å². The summed E-state index contributed by atoms with van der Waals surface area (Å²) in [6.07, 6.45) is 11.9. The summed E-state index contributed by atoms with van der Waals surface area (Å²) in [6.45, 7) is 15.1. The number of likely N-dealkylation sites (N-methyl/N-ethyl adjacent to an activating group) is 1. The normalized spacial score (nSPS) is 50.4. The molecule has 0 aromatic heterocycles. The summed E-state index contributed by atoms with van der Waals surface area (Å²) in [4.78, 5) is 14.2. The van der Waals surface area contributed by atoms with Crippen LogP contribution in [-0.4, -0.2) is 79.0 Å². The number of ether oxygens (including phenoxy) is 4. The fourth-order valence-electron chi connectivity index (χ4n) is 12.6. The van der Waals surface area contributed by atoms with Gasteiger partial charge in [0.2, 0.25) is 0 Å². The molecule has 7 rings (SSSR count). The number of esters is 1. The summed E-state index contributed by atoms with van der Waals surface area (Å²) in [5, 5.41) is 10.9. The average molecular weight is 588 g/mol. The molecule has 10 unspecified atom stereocenters. The zero-order chi connectivity index (χ0) is 29.9. The molecule has 2 aliphatic heterocycles. The highest BCUT2D eigenvalue weighted by Crippen LogP contribution is 2.87. The maximum atomic E-state index is 11.9. The predicted octanol–water partition coefficient (Wildman–Crippen LogP) is 5.57. The lowest BCUT2D eigenvalue weighted by molar-refractivity contribution is -0.243. The van der Waals surface area contributed by atoms with E-state index in [0.717, 1.165) is 57.2 Å². The molecule has 2 heterocycles. The molecule has 0 aromatic rings. The van der Waals surface area contributed by atoms with E-state index in [1.165, 1.54) is 45.4 Å². The van der Waals surface area contributed by atoms with Gasteiger partial charge in [-0.3, -0.25) is 9.69 Å². The smallest absolute Gasteiger partial charge is 0.303 e. The number of carbonyl (C=O) groups is 1. The molecule has 0 bridgehead atoms. The number of carbonyl (C=O) groups excluding carboxylic acids is 1. The molecule has 5 aliphatic carbocycles. The molecule has 0 radical (unpaired) electrons. The first-order valence-corrected chi connectivity index (χ1v) is 17.2. The minimum Gasteiger partial charge on any atom is -0.457 e. The van der Waals surface area contributed by atoms with Crippen LogP contribution in [-0.2, 0) is 23.7 Å². The maximum Gasteiger partial charge on any atom is 0.303 e. The lowest BCUT2D eigenvalue weighted by atomic mass is 9.46. The molecule has 12 atom stereocenters. The lowest BCUT2D eigenvalue weighted by Gasteiger charge is -2.60. The van der Waals surface area contributed by atoms with Gasteiger partial charge in [0.05, 0.1) is 30.5 Å².